The Hall–Kier alpha value is -3.74. The van der Waals surface area contributed by atoms with Gasteiger partial charge in [-0.05, 0) is 12.1 Å². The van der Waals surface area contributed by atoms with Crippen LogP contribution in [0, 0.1) is 5.41 Å². The van der Waals surface area contributed by atoms with Gasteiger partial charge in [-0.1, -0.05) is 20.8 Å². The Labute approximate surface area is 204 Å². The number of fused-ring (bicyclic) bond motifs is 1. The normalized spacial score (nSPS) is 14.7. The first-order valence-corrected chi connectivity index (χ1v) is 11.1. The molecule has 13 heteroatoms. The van der Waals surface area contributed by atoms with Crippen LogP contribution in [-0.2, 0) is 20.4 Å². The quantitative estimate of drug-likeness (QED) is 0.536. The Morgan fingerprint density at radius 3 is 2.44 bits per heavy atom. The van der Waals surface area contributed by atoms with Crippen LogP contribution in [0.15, 0.2) is 24.5 Å². The summed E-state index contributed by atoms with van der Waals surface area (Å²) in [6.07, 6.45) is -2.43. The number of morpholine rings is 1. The van der Waals surface area contributed by atoms with E-state index in [0.29, 0.717) is 37.6 Å². The molecule has 192 valence electrons. The lowest BCUT2D eigenvalue weighted by atomic mass is 9.96. The van der Waals surface area contributed by atoms with E-state index in [0.717, 1.165) is 12.3 Å². The predicted octanol–water partition coefficient (Wildman–Crippen LogP) is 3.42. The highest BCUT2D eigenvalue weighted by Gasteiger charge is 2.36. The van der Waals surface area contributed by atoms with Gasteiger partial charge < -0.3 is 19.7 Å². The lowest BCUT2D eigenvalue weighted by molar-refractivity contribution is -0.137. The van der Waals surface area contributed by atoms with E-state index in [-0.39, 0.29) is 22.8 Å². The molecule has 3 aromatic heterocycles. The van der Waals surface area contributed by atoms with Gasteiger partial charge in [-0.2, -0.15) is 13.2 Å². The van der Waals surface area contributed by atoms with Crippen molar-refractivity contribution in [1.82, 2.24) is 19.6 Å². The summed E-state index contributed by atoms with van der Waals surface area (Å²) >= 11 is 0. The summed E-state index contributed by atoms with van der Waals surface area (Å²) in [6.45, 7) is 6.63. The van der Waals surface area contributed by atoms with Crippen LogP contribution in [0.1, 0.15) is 36.7 Å². The summed E-state index contributed by atoms with van der Waals surface area (Å²) in [6, 6.07) is 2.28. The molecule has 0 atom stereocenters. The second kappa shape index (κ2) is 9.37. The predicted molar refractivity (Wildman–Crippen MR) is 124 cm³/mol. The fourth-order valence-electron chi connectivity index (χ4n) is 3.58. The van der Waals surface area contributed by atoms with E-state index in [1.54, 1.807) is 20.8 Å². The fourth-order valence-corrected chi connectivity index (χ4v) is 3.58. The van der Waals surface area contributed by atoms with Gasteiger partial charge in [0.2, 0.25) is 5.91 Å². The van der Waals surface area contributed by atoms with E-state index in [9.17, 15) is 22.8 Å². The third-order valence-corrected chi connectivity index (χ3v) is 5.55. The van der Waals surface area contributed by atoms with Crippen LogP contribution >= 0.6 is 0 Å². The summed E-state index contributed by atoms with van der Waals surface area (Å²) in [7, 11) is 1.23. The van der Waals surface area contributed by atoms with Crippen LogP contribution in [0.4, 0.5) is 24.8 Å². The van der Waals surface area contributed by atoms with Gasteiger partial charge in [0.1, 0.15) is 11.3 Å². The van der Waals surface area contributed by atoms with Gasteiger partial charge in [0.25, 0.3) is 0 Å². The average Bonchev–Trinajstić information content (AvgIpc) is 3.26. The van der Waals surface area contributed by atoms with Crippen LogP contribution in [0.5, 0.6) is 0 Å². The van der Waals surface area contributed by atoms with E-state index >= 15 is 0 Å². The highest BCUT2D eigenvalue weighted by molar-refractivity contribution is 5.94. The van der Waals surface area contributed by atoms with E-state index in [1.165, 1.54) is 23.9 Å². The van der Waals surface area contributed by atoms with Crippen LogP contribution in [-0.4, -0.2) is 64.9 Å². The smallest absolute Gasteiger partial charge is 0.417 e. The van der Waals surface area contributed by atoms with Crippen molar-refractivity contribution in [2.24, 2.45) is 5.41 Å². The number of halogens is 3. The fraction of sp³-hybridized carbons (Fsp3) is 0.435. The number of carbonyl (C=O) groups excluding carboxylic acids is 2. The number of hydrogen-bond donors (Lipinski definition) is 1. The molecule has 36 heavy (non-hydrogen) atoms. The minimum atomic E-state index is -4.79. The first-order chi connectivity index (χ1) is 16.9. The van der Waals surface area contributed by atoms with Gasteiger partial charge in [0, 0.05) is 30.9 Å². The number of amides is 1. The first-order valence-electron chi connectivity index (χ1n) is 11.1. The number of pyridine rings is 1. The molecule has 0 spiro atoms. The zero-order chi connectivity index (χ0) is 26.3. The maximum absolute atomic E-state index is 14.1. The van der Waals surface area contributed by atoms with Crippen molar-refractivity contribution in [3.63, 3.8) is 0 Å². The monoisotopic (exact) mass is 506 g/mol. The van der Waals surface area contributed by atoms with Crippen molar-refractivity contribution in [2.75, 3.05) is 43.6 Å². The molecular formula is C23H25F3N6O4. The molecule has 1 fully saturated rings. The summed E-state index contributed by atoms with van der Waals surface area (Å²) in [5.41, 5.74) is -1.66. The molecule has 10 nitrogen and oxygen atoms in total. The highest BCUT2D eigenvalue weighted by Crippen LogP contribution is 2.38. The zero-order valence-electron chi connectivity index (χ0n) is 20.1. The van der Waals surface area contributed by atoms with Gasteiger partial charge in [-0.3, -0.25) is 4.79 Å². The van der Waals surface area contributed by atoms with Gasteiger partial charge in [-0.25, -0.2) is 19.3 Å². The molecule has 0 aromatic carbocycles. The largest absolute Gasteiger partial charge is 0.465 e. The van der Waals surface area contributed by atoms with Crippen LogP contribution in [0.2, 0.25) is 0 Å². The van der Waals surface area contributed by atoms with E-state index < -0.39 is 29.0 Å². The molecule has 4 heterocycles. The second-order valence-corrected chi connectivity index (χ2v) is 9.23. The molecule has 0 aliphatic carbocycles. The number of nitrogens with one attached hydrogen (secondary N) is 1. The molecule has 1 N–H and O–H groups in total. The maximum atomic E-state index is 14.1. The van der Waals surface area contributed by atoms with Gasteiger partial charge in [0.05, 0.1) is 37.0 Å². The molecule has 0 bridgehead atoms. The third kappa shape index (κ3) is 5.10. The Morgan fingerprint density at radius 2 is 1.83 bits per heavy atom. The van der Waals surface area contributed by atoms with Crippen LogP contribution in [0.3, 0.4) is 0 Å². The number of methoxy groups -OCH3 is 1. The van der Waals surface area contributed by atoms with E-state index in [2.05, 4.69) is 20.4 Å². The minimum Gasteiger partial charge on any atom is -0.465 e. The van der Waals surface area contributed by atoms with Crippen LogP contribution in [0.25, 0.3) is 16.9 Å². The number of nitrogens with zero attached hydrogens (tertiary/aromatic N) is 5. The standard InChI is InChI=1S/C23H25F3N6O4/c1-22(2,3)21(34)28-17-10-15(23(24,25)26)14(11-27-17)18-29-19(31-5-7-36-8-6-31)16-9-13(20(33)35-4)12-32(16)30-18/h9-12H,5-8H2,1-4H3,(H,27,28,34). The summed E-state index contributed by atoms with van der Waals surface area (Å²) in [5, 5.41) is 6.67. The number of anilines is 2. The molecule has 3 aromatic rings. The van der Waals surface area contributed by atoms with Crippen molar-refractivity contribution in [3.05, 3.63) is 35.7 Å². The van der Waals surface area contributed by atoms with Gasteiger partial charge in [0.15, 0.2) is 11.6 Å². The molecule has 4 rings (SSSR count). The van der Waals surface area contributed by atoms with E-state index in [4.69, 9.17) is 9.47 Å². The summed E-state index contributed by atoms with van der Waals surface area (Å²) in [5.74, 6) is -1.24. The molecule has 1 saturated heterocycles. The van der Waals surface area contributed by atoms with E-state index in [1.807, 2.05) is 4.90 Å². The van der Waals surface area contributed by atoms with Gasteiger partial charge in [-0.15, -0.1) is 5.10 Å². The summed E-state index contributed by atoms with van der Waals surface area (Å²) in [4.78, 5) is 34.7. The molecule has 1 aliphatic rings. The number of alkyl halides is 3. The number of ether oxygens (including phenoxy) is 2. The number of rotatable bonds is 4. The van der Waals surface area contributed by atoms with Crippen molar-refractivity contribution >= 4 is 29.0 Å². The molecular weight excluding hydrogens is 481 g/mol. The molecule has 0 radical (unpaired) electrons. The molecule has 0 saturated carbocycles. The van der Waals surface area contributed by atoms with Crippen molar-refractivity contribution in [1.29, 1.82) is 0 Å². The first kappa shape index (κ1) is 25.4. The lowest BCUT2D eigenvalue weighted by Gasteiger charge is -2.28. The van der Waals surface area contributed by atoms with Crippen molar-refractivity contribution in [3.8, 4) is 11.4 Å². The molecule has 1 aliphatic heterocycles. The van der Waals surface area contributed by atoms with Gasteiger partial charge >= 0.3 is 12.1 Å². The average molecular weight is 506 g/mol. The Kier molecular flexibility index (Phi) is 6.60. The topological polar surface area (TPSA) is 111 Å². The van der Waals surface area contributed by atoms with Crippen molar-refractivity contribution < 1.29 is 32.2 Å². The number of esters is 1. The summed E-state index contributed by atoms with van der Waals surface area (Å²) < 4.78 is 53.8. The maximum Gasteiger partial charge on any atom is 0.417 e. The van der Waals surface area contributed by atoms with Crippen molar-refractivity contribution in [2.45, 2.75) is 26.9 Å². The minimum absolute atomic E-state index is 0.174. The Morgan fingerprint density at radius 1 is 1.14 bits per heavy atom. The zero-order valence-corrected chi connectivity index (χ0v) is 20.1. The number of aromatic nitrogens is 4. The third-order valence-electron chi connectivity index (χ3n) is 5.55. The highest BCUT2D eigenvalue weighted by atomic mass is 19.4. The molecule has 0 unspecified atom stereocenters. The number of hydrogen-bond acceptors (Lipinski definition) is 8. The lowest BCUT2D eigenvalue weighted by Crippen LogP contribution is -2.37. The van der Waals surface area contributed by atoms with Crippen LogP contribution < -0.4 is 10.2 Å². The number of carbonyl (C=O) groups is 2. The Balaban J connectivity index is 1.87. The Bertz CT molecular complexity index is 1310. The molecule has 1 amide bonds. The second-order valence-electron chi connectivity index (χ2n) is 9.23. The SMILES string of the molecule is COC(=O)c1cc2c(N3CCOCC3)nc(-c3cnc(NC(=O)C(C)(C)C)cc3C(F)(F)F)nn2c1.